The molecule has 0 fully saturated rings. The standard InChI is InChI=1S/C13H16BrN3O2S/c1-8-13(14)11(17(2)16-8)7-20(18)12-6-9(19-3)4-5-10(12)15/h4-6H,7,15H2,1-3H3. The maximum Gasteiger partial charge on any atom is 0.120 e. The molecule has 0 amide bonds. The molecule has 5 nitrogen and oxygen atoms in total. The molecule has 1 atom stereocenters. The lowest BCUT2D eigenvalue weighted by atomic mass is 10.3. The predicted octanol–water partition coefficient (Wildman–Crippen LogP) is 2.39. The molecular formula is C13H16BrN3O2S. The maximum absolute atomic E-state index is 12.5. The van der Waals surface area contributed by atoms with Gasteiger partial charge in [0.25, 0.3) is 0 Å². The summed E-state index contributed by atoms with van der Waals surface area (Å²) in [5, 5.41) is 4.29. The molecule has 2 N–H and O–H groups in total. The van der Waals surface area contributed by atoms with Crippen LogP contribution in [0.3, 0.4) is 0 Å². The molecule has 2 rings (SSSR count). The monoisotopic (exact) mass is 357 g/mol. The van der Waals surface area contributed by atoms with Gasteiger partial charge >= 0.3 is 0 Å². The van der Waals surface area contributed by atoms with Gasteiger partial charge in [0.05, 0.1) is 44.4 Å². The van der Waals surface area contributed by atoms with Crippen LogP contribution in [-0.4, -0.2) is 21.1 Å². The predicted molar refractivity (Wildman–Crippen MR) is 83.2 cm³/mol. The second-order valence-electron chi connectivity index (χ2n) is 4.36. The maximum atomic E-state index is 12.5. The van der Waals surface area contributed by atoms with Crippen molar-refractivity contribution in [3.05, 3.63) is 34.1 Å². The zero-order valence-electron chi connectivity index (χ0n) is 11.5. The Kier molecular flexibility index (Phi) is 4.49. The fraction of sp³-hybridized carbons (Fsp3) is 0.308. The Morgan fingerprint density at radius 2 is 2.20 bits per heavy atom. The van der Waals surface area contributed by atoms with Crippen molar-refractivity contribution >= 4 is 32.4 Å². The molecule has 1 heterocycles. The van der Waals surface area contributed by atoms with Crippen LogP contribution in [0.15, 0.2) is 27.6 Å². The van der Waals surface area contributed by atoms with Crippen molar-refractivity contribution in [3.63, 3.8) is 0 Å². The van der Waals surface area contributed by atoms with Crippen LogP contribution < -0.4 is 10.5 Å². The van der Waals surface area contributed by atoms with Crippen LogP contribution in [0.5, 0.6) is 5.75 Å². The zero-order chi connectivity index (χ0) is 14.9. The van der Waals surface area contributed by atoms with Crippen molar-refractivity contribution in [2.45, 2.75) is 17.6 Å². The molecule has 0 saturated heterocycles. The minimum atomic E-state index is -1.26. The summed E-state index contributed by atoms with van der Waals surface area (Å²) in [7, 11) is 2.14. The third kappa shape index (κ3) is 2.88. The summed E-state index contributed by atoms with van der Waals surface area (Å²) in [5.74, 6) is 0.984. The van der Waals surface area contributed by atoms with Gasteiger partial charge in [0.15, 0.2) is 0 Å². The smallest absolute Gasteiger partial charge is 0.120 e. The molecule has 0 aliphatic heterocycles. The number of aryl methyl sites for hydroxylation is 2. The number of ether oxygens (including phenoxy) is 1. The number of halogens is 1. The Morgan fingerprint density at radius 1 is 1.50 bits per heavy atom. The third-order valence-electron chi connectivity index (χ3n) is 3.00. The summed E-state index contributed by atoms with van der Waals surface area (Å²) in [6, 6.07) is 5.17. The third-order valence-corrected chi connectivity index (χ3v) is 5.41. The van der Waals surface area contributed by atoms with Gasteiger partial charge in [-0.15, -0.1) is 0 Å². The Bertz CT molecular complexity index is 670. The Morgan fingerprint density at radius 3 is 2.75 bits per heavy atom. The zero-order valence-corrected chi connectivity index (χ0v) is 13.9. The number of rotatable bonds is 4. The SMILES string of the molecule is COc1ccc(N)c(S(=O)Cc2c(Br)c(C)nn2C)c1. The molecule has 1 aromatic heterocycles. The summed E-state index contributed by atoms with van der Waals surface area (Å²) >= 11 is 3.48. The molecule has 0 saturated carbocycles. The van der Waals surface area contributed by atoms with Gasteiger partial charge in [-0.1, -0.05) is 0 Å². The molecule has 2 aromatic rings. The van der Waals surface area contributed by atoms with Crippen molar-refractivity contribution < 1.29 is 8.95 Å². The van der Waals surface area contributed by atoms with E-state index in [1.807, 2.05) is 14.0 Å². The number of nitrogens with two attached hydrogens (primary N) is 1. The lowest BCUT2D eigenvalue weighted by molar-refractivity contribution is 0.413. The average Bonchev–Trinajstić information content (AvgIpc) is 2.66. The summed E-state index contributed by atoms with van der Waals surface area (Å²) in [6.07, 6.45) is 0. The van der Waals surface area contributed by atoms with Crippen molar-refractivity contribution in [2.24, 2.45) is 7.05 Å². The molecule has 0 radical (unpaired) electrons. The van der Waals surface area contributed by atoms with E-state index >= 15 is 0 Å². The van der Waals surface area contributed by atoms with Crippen LogP contribution in [0.4, 0.5) is 5.69 Å². The number of anilines is 1. The number of nitrogens with zero attached hydrogens (tertiary/aromatic N) is 2. The number of aromatic nitrogens is 2. The van der Waals surface area contributed by atoms with E-state index in [1.54, 1.807) is 30.0 Å². The molecular weight excluding hydrogens is 342 g/mol. The first-order chi connectivity index (χ1) is 9.43. The highest BCUT2D eigenvalue weighted by Crippen LogP contribution is 2.27. The van der Waals surface area contributed by atoms with Crippen molar-refractivity contribution in [1.29, 1.82) is 0 Å². The van der Waals surface area contributed by atoms with Gasteiger partial charge in [0.1, 0.15) is 5.75 Å². The van der Waals surface area contributed by atoms with Gasteiger partial charge in [-0.25, -0.2) is 0 Å². The van der Waals surface area contributed by atoms with Crippen LogP contribution in [0.1, 0.15) is 11.4 Å². The molecule has 0 bridgehead atoms. The second-order valence-corrected chi connectivity index (χ2v) is 6.58. The lowest BCUT2D eigenvalue weighted by Crippen LogP contribution is -2.06. The van der Waals surface area contributed by atoms with Crippen molar-refractivity contribution in [1.82, 2.24) is 9.78 Å². The first-order valence-electron chi connectivity index (χ1n) is 5.94. The number of hydrogen-bond acceptors (Lipinski definition) is 4. The number of benzene rings is 1. The largest absolute Gasteiger partial charge is 0.497 e. The average molecular weight is 358 g/mol. The highest BCUT2D eigenvalue weighted by atomic mass is 79.9. The van der Waals surface area contributed by atoms with E-state index in [2.05, 4.69) is 21.0 Å². The van der Waals surface area contributed by atoms with Gasteiger partial charge in [0, 0.05) is 12.7 Å². The van der Waals surface area contributed by atoms with E-state index in [0.717, 1.165) is 15.9 Å². The van der Waals surface area contributed by atoms with E-state index in [1.165, 1.54) is 0 Å². The summed E-state index contributed by atoms with van der Waals surface area (Å²) in [5.41, 5.74) is 8.15. The van der Waals surface area contributed by atoms with Crippen LogP contribution in [0.25, 0.3) is 0 Å². The van der Waals surface area contributed by atoms with Gasteiger partial charge in [0.2, 0.25) is 0 Å². The van der Waals surface area contributed by atoms with E-state index in [0.29, 0.717) is 22.1 Å². The van der Waals surface area contributed by atoms with Crippen LogP contribution >= 0.6 is 15.9 Å². The van der Waals surface area contributed by atoms with Crippen LogP contribution in [0, 0.1) is 6.92 Å². The molecule has 20 heavy (non-hydrogen) atoms. The minimum Gasteiger partial charge on any atom is -0.497 e. The molecule has 108 valence electrons. The first-order valence-corrected chi connectivity index (χ1v) is 8.05. The molecule has 1 aromatic carbocycles. The molecule has 7 heteroatoms. The van der Waals surface area contributed by atoms with E-state index in [9.17, 15) is 4.21 Å². The van der Waals surface area contributed by atoms with Crippen molar-refractivity contribution in [2.75, 3.05) is 12.8 Å². The fourth-order valence-corrected chi connectivity index (χ4v) is 3.85. The molecule has 0 aliphatic carbocycles. The van der Waals surface area contributed by atoms with Gasteiger partial charge in [-0.2, -0.15) is 5.10 Å². The van der Waals surface area contributed by atoms with Crippen LogP contribution in [0.2, 0.25) is 0 Å². The van der Waals surface area contributed by atoms with Crippen LogP contribution in [-0.2, 0) is 23.6 Å². The number of nitrogen functional groups attached to an aromatic ring is 1. The number of methoxy groups -OCH3 is 1. The highest BCUT2D eigenvalue weighted by Gasteiger charge is 2.16. The van der Waals surface area contributed by atoms with E-state index < -0.39 is 10.8 Å². The molecule has 0 aliphatic rings. The van der Waals surface area contributed by atoms with E-state index in [-0.39, 0.29) is 0 Å². The highest BCUT2D eigenvalue weighted by molar-refractivity contribution is 9.10. The Hall–Kier alpha value is -1.34. The normalized spacial score (nSPS) is 12.4. The topological polar surface area (TPSA) is 70.1 Å². The minimum absolute atomic E-state index is 0.343. The van der Waals surface area contributed by atoms with Gasteiger partial charge in [-0.05, 0) is 41.1 Å². The summed E-state index contributed by atoms with van der Waals surface area (Å²) < 4.78 is 20.3. The second kappa shape index (κ2) is 5.97. The Balaban J connectivity index is 2.33. The number of hydrogen-bond donors (Lipinski definition) is 1. The summed E-state index contributed by atoms with van der Waals surface area (Å²) in [6.45, 7) is 1.90. The first kappa shape index (κ1) is 15.1. The molecule has 0 spiro atoms. The lowest BCUT2D eigenvalue weighted by Gasteiger charge is -2.08. The van der Waals surface area contributed by atoms with E-state index in [4.69, 9.17) is 10.5 Å². The molecule has 1 unspecified atom stereocenters. The quantitative estimate of drug-likeness (QED) is 0.852. The van der Waals surface area contributed by atoms with Crippen molar-refractivity contribution in [3.8, 4) is 5.75 Å². The Labute approximate surface area is 128 Å². The van der Waals surface area contributed by atoms with Gasteiger partial charge < -0.3 is 10.5 Å². The summed E-state index contributed by atoms with van der Waals surface area (Å²) in [4.78, 5) is 0.579. The fourth-order valence-electron chi connectivity index (χ4n) is 1.88. The van der Waals surface area contributed by atoms with Gasteiger partial charge in [-0.3, -0.25) is 8.89 Å².